The van der Waals surface area contributed by atoms with Crippen LogP contribution in [0.1, 0.15) is 24.1 Å². The lowest BCUT2D eigenvalue weighted by atomic mass is 10.0. The van der Waals surface area contributed by atoms with Gasteiger partial charge in [-0.3, -0.25) is 10.2 Å². The number of hydrogen-bond acceptors (Lipinski definition) is 7. The highest BCUT2D eigenvalue weighted by Crippen LogP contribution is 2.29. The zero-order valence-corrected chi connectivity index (χ0v) is 22.8. The number of aromatic nitrogens is 2. The fraction of sp³-hybridized carbons (Fsp3) is 0.370. The number of nitriles is 1. The number of morpholine rings is 1. The Bertz CT molecular complexity index is 1290. The Labute approximate surface area is 230 Å². The molecule has 2 aliphatic heterocycles. The Morgan fingerprint density at radius 2 is 1.86 bits per heavy atom. The maximum absolute atomic E-state index is 12.6. The van der Waals surface area contributed by atoms with Crippen LogP contribution in [0.15, 0.2) is 48.7 Å². The summed E-state index contributed by atoms with van der Waals surface area (Å²) >= 11 is 2.25. The van der Waals surface area contributed by atoms with E-state index in [1.807, 2.05) is 43.3 Å². The Kier molecular flexibility index (Phi) is 7.93. The Morgan fingerprint density at radius 1 is 1.14 bits per heavy atom. The van der Waals surface area contributed by atoms with E-state index in [-0.39, 0.29) is 0 Å². The molecule has 0 atom stereocenters. The molecule has 0 aliphatic carbocycles. The minimum Gasteiger partial charge on any atom is -0.406 e. The third-order valence-electron chi connectivity index (χ3n) is 6.97. The summed E-state index contributed by atoms with van der Waals surface area (Å²) in [6, 6.07) is 16.2. The van der Waals surface area contributed by atoms with Gasteiger partial charge in [0.25, 0.3) is 0 Å². The first-order chi connectivity index (χ1) is 18.0. The van der Waals surface area contributed by atoms with Gasteiger partial charge >= 0.3 is 6.09 Å². The number of benzene rings is 2. The highest BCUT2D eigenvalue weighted by atomic mass is 127. The number of carbonyl (C=O) groups is 1. The number of anilines is 2. The first kappa shape index (κ1) is 25.5. The third-order valence-corrected chi connectivity index (χ3v) is 7.69. The molecule has 2 fully saturated rings. The lowest BCUT2D eigenvalue weighted by Crippen LogP contribution is -2.49. The lowest BCUT2D eigenvalue weighted by molar-refractivity contribution is 0.0115. The molecule has 2 aromatic carbocycles. The van der Waals surface area contributed by atoms with E-state index < -0.39 is 6.09 Å². The average molecular weight is 612 g/mol. The first-order valence-electron chi connectivity index (χ1n) is 12.4. The summed E-state index contributed by atoms with van der Waals surface area (Å²) in [5, 5.41) is 16.9. The van der Waals surface area contributed by atoms with E-state index in [2.05, 4.69) is 48.9 Å². The molecule has 9 nitrogen and oxygen atoms in total. The molecular formula is C27H29IN6O3. The second kappa shape index (κ2) is 11.5. The van der Waals surface area contributed by atoms with Gasteiger partial charge in [-0.25, -0.2) is 9.48 Å². The summed E-state index contributed by atoms with van der Waals surface area (Å²) in [7, 11) is 0. The smallest absolute Gasteiger partial charge is 0.406 e. The van der Waals surface area contributed by atoms with E-state index in [1.165, 1.54) is 6.20 Å². The lowest BCUT2D eigenvalue weighted by Gasteiger charge is -2.41. The standard InChI is InChI=1S/C27H29IN6O3/c1-19-26(18-30-34(19)24-5-2-21(28)3-6-24)37-27(35)31-22-4-7-25(20(16-22)17-29)33-10-8-23(9-11-33)32-12-14-36-15-13-32/h2-7,16,18,23H,8-15H2,1H3,(H,31,35). The van der Waals surface area contributed by atoms with Crippen LogP contribution in [0.3, 0.4) is 0 Å². The van der Waals surface area contributed by atoms with Crippen LogP contribution >= 0.6 is 22.6 Å². The molecule has 3 heterocycles. The van der Waals surface area contributed by atoms with Gasteiger partial charge in [-0.15, -0.1) is 0 Å². The van der Waals surface area contributed by atoms with E-state index in [0.29, 0.717) is 28.7 Å². The molecule has 0 radical (unpaired) electrons. The van der Waals surface area contributed by atoms with E-state index in [4.69, 9.17) is 9.47 Å². The second-order valence-corrected chi connectivity index (χ2v) is 10.5. The van der Waals surface area contributed by atoms with Gasteiger partial charge in [0.1, 0.15) is 6.07 Å². The number of nitrogens with zero attached hydrogens (tertiary/aromatic N) is 5. The summed E-state index contributed by atoms with van der Waals surface area (Å²) in [5.41, 5.74) is 3.54. The van der Waals surface area contributed by atoms with Crippen molar-refractivity contribution in [1.29, 1.82) is 5.26 Å². The third kappa shape index (κ3) is 5.89. The van der Waals surface area contributed by atoms with Crippen molar-refractivity contribution in [3.8, 4) is 17.5 Å². The molecule has 1 amide bonds. The monoisotopic (exact) mass is 612 g/mol. The second-order valence-electron chi connectivity index (χ2n) is 9.21. The highest BCUT2D eigenvalue weighted by Gasteiger charge is 2.27. The summed E-state index contributed by atoms with van der Waals surface area (Å²) < 4.78 is 13.9. The average Bonchev–Trinajstić information content (AvgIpc) is 3.29. The molecule has 1 N–H and O–H groups in total. The summed E-state index contributed by atoms with van der Waals surface area (Å²) in [4.78, 5) is 17.4. The normalized spacial score (nSPS) is 16.8. The van der Waals surface area contributed by atoms with E-state index in [0.717, 1.165) is 67.2 Å². The largest absolute Gasteiger partial charge is 0.417 e. The topological polar surface area (TPSA) is 95.7 Å². The first-order valence-corrected chi connectivity index (χ1v) is 13.5. The maximum atomic E-state index is 12.6. The van der Waals surface area contributed by atoms with Gasteiger partial charge in [0.05, 0.1) is 42.0 Å². The number of halogens is 1. The van der Waals surface area contributed by atoms with Crippen molar-refractivity contribution in [2.75, 3.05) is 49.6 Å². The number of nitrogens with one attached hydrogen (secondary N) is 1. The molecule has 192 valence electrons. The molecule has 10 heteroatoms. The van der Waals surface area contributed by atoms with Crippen LogP contribution in [0, 0.1) is 21.8 Å². The summed E-state index contributed by atoms with van der Waals surface area (Å²) in [6.07, 6.45) is 3.02. The molecule has 37 heavy (non-hydrogen) atoms. The summed E-state index contributed by atoms with van der Waals surface area (Å²) in [6.45, 7) is 7.25. The Hall–Kier alpha value is -3.14. The molecule has 2 saturated heterocycles. The van der Waals surface area contributed by atoms with Gasteiger partial charge in [0.15, 0.2) is 5.75 Å². The van der Waals surface area contributed by atoms with Crippen molar-refractivity contribution in [3.05, 3.63) is 63.5 Å². The number of rotatable bonds is 5. The van der Waals surface area contributed by atoms with Gasteiger partial charge in [0, 0.05) is 41.5 Å². The fourth-order valence-corrected chi connectivity index (χ4v) is 5.33. The van der Waals surface area contributed by atoms with Crippen LogP contribution in [0.4, 0.5) is 16.2 Å². The van der Waals surface area contributed by atoms with Crippen LogP contribution < -0.4 is 15.0 Å². The van der Waals surface area contributed by atoms with Crippen molar-refractivity contribution >= 4 is 40.1 Å². The zero-order chi connectivity index (χ0) is 25.8. The fourth-order valence-electron chi connectivity index (χ4n) is 4.97. The molecule has 0 bridgehead atoms. The van der Waals surface area contributed by atoms with Crippen molar-refractivity contribution in [3.63, 3.8) is 0 Å². The van der Waals surface area contributed by atoms with Crippen molar-refractivity contribution in [2.45, 2.75) is 25.8 Å². The van der Waals surface area contributed by atoms with Gasteiger partial charge in [-0.1, -0.05) is 0 Å². The van der Waals surface area contributed by atoms with E-state index in [9.17, 15) is 10.1 Å². The SMILES string of the molecule is Cc1c(OC(=O)Nc2ccc(N3CCC(N4CCOCC4)CC3)c(C#N)c2)cnn1-c1ccc(I)cc1. The van der Waals surface area contributed by atoms with E-state index >= 15 is 0 Å². The minimum atomic E-state index is -0.631. The van der Waals surface area contributed by atoms with Gasteiger partial charge < -0.3 is 14.4 Å². The number of carbonyl (C=O) groups excluding carboxylic acids is 1. The van der Waals surface area contributed by atoms with Crippen molar-refractivity contribution < 1.29 is 14.3 Å². The van der Waals surface area contributed by atoms with Crippen molar-refractivity contribution in [2.24, 2.45) is 0 Å². The number of hydrogen-bond donors (Lipinski definition) is 1. The predicted octanol–water partition coefficient (Wildman–Crippen LogP) is 4.57. The van der Waals surface area contributed by atoms with Gasteiger partial charge in [-0.05, 0) is 84.8 Å². The molecule has 2 aliphatic rings. The van der Waals surface area contributed by atoms with Gasteiger partial charge in [-0.2, -0.15) is 10.4 Å². The molecule has 0 unspecified atom stereocenters. The summed E-state index contributed by atoms with van der Waals surface area (Å²) in [5.74, 6) is 0.372. The maximum Gasteiger partial charge on any atom is 0.417 e. The molecule has 1 aromatic heterocycles. The molecule has 3 aromatic rings. The van der Waals surface area contributed by atoms with Gasteiger partial charge in [0.2, 0.25) is 0 Å². The van der Waals surface area contributed by atoms with Crippen LogP contribution in [0.5, 0.6) is 5.75 Å². The number of ether oxygens (including phenoxy) is 2. The van der Waals surface area contributed by atoms with Crippen LogP contribution in [-0.2, 0) is 4.74 Å². The van der Waals surface area contributed by atoms with E-state index in [1.54, 1.807) is 10.7 Å². The number of amides is 1. The number of piperidine rings is 1. The van der Waals surface area contributed by atoms with Crippen LogP contribution in [0.25, 0.3) is 5.69 Å². The predicted molar refractivity (Wildman–Crippen MR) is 149 cm³/mol. The molecular weight excluding hydrogens is 583 g/mol. The molecule has 5 rings (SSSR count). The van der Waals surface area contributed by atoms with Crippen molar-refractivity contribution in [1.82, 2.24) is 14.7 Å². The zero-order valence-electron chi connectivity index (χ0n) is 20.7. The Balaban J connectivity index is 1.20. The molecule has 0 saturated carbocycles. The minimum absolute atomic E-state index is 0.372. The van der Waals surface area contributed by atoms with Crippen LogP contribution in [0.2, 0.25) is 0 Å². The Morgan fingerprint density at radius 3 is 2.57 bits per heavy atom. The molecule has 0 spiro atoms. The quantitative estimate of drug-likeness (QED) is 0.422. The van der Waals surface area contributed by atoms with Crippen LogP contribution in [-0.4, -0.2) is 66.2 Å². The highest BCUT2D eigenvalue weighted by molar-refractivity contribution is 14.1.